The normalized spacial score (nSPS) is 17.4. The zero-order chi connectivity index (χ0) is 21.9. The number of hydrogen-bond donors (Lipinski definition) is 1. The molecule has 2 aliphatic heterocycles. The molecule has 0 atom stereocenters. The van der Waals surface area contributed by atoms with Crippen molar-refractivity contribution in [3.05, 3.63) is 90.3 Å². The van der Waals surface area contributed by atoms with Crippen LogP contribution in [0.1, 0.15) is 5.56 Å². The summed E-state index contributed by atoms with van der Waals surface area (Å²) in [5.41, 5.74) is 1.84. The highest BCUT2D eigenvalue weighted by molar-refractivity contribution is 6.16. The van der Waals surface area contributed by atoms with Crippen molar-refractivity contribution in [1.29, 1.82) is 0 Å². The summed E-state index contributed by atoms with van der Waals surface area (Å²) in [6, 6.07) is 23.0. The van der Waals surface area contributed by atoms with Gasteiger partial charge in [0.15, 0.2) is 5.70 Å². The van der Waals surface area contributed by atoms with Crippen LogP contribution in [0, 0.1) is 0 Å². The zero-order valence-electron chi connectivity index (χ0n) is 17.4. The number of nitrogens with zero attached hydrogens (tertiary/aromatic N) is 3. The molecular weight excluding hydrogens is 404 g/mol. The molecule has 1 saturated heterocycles. The third-order valence-electron chi connectivity index (χ3n) is 5.57. The number of cyclic esters (lactones) is 1. The molecule has 7 heteroatoms. The molecular formula is C25H22N4O3. The van der Waals surface area contributed by atoms with Crippen molar-refractivity contribution in [3.63, 3.8) is 0 Å². The van der Waals surface area contributed by atoms with Crippen LogP contribution in [-0.4, -0.2) is 53.9 Å². The lowest BCUT2D eigenvalue weighted by Gasteiger charge is -2.34. The van der Waals surface area contributed by atoms with Crippen LogP contribution in [-0.2, 0) is 9.53 Å². The summed E-state index contributed by atoms with van der Waals surface area (Å²) in [5.74, 6) is -0.142. The van der Waals surface area contributed by atoms with Gasteiger partial charge in [-0.2, -0.15) is 0 Å². The molecule has 0 bridgehead atoms. The highest BCUT2D eigenvalue weighted by Gasteiger charge is 2.27. The number of aliphatic imine (C=N–C) groups is 1. The summed E-state index contributed by atoms with van der Waals surface area (Å²) in [6.07, 6.45) is 1.73. The van der Waals surface area contributed by atoms with E-state index in [2.05, 4.69) is 10.3 Å². The van der Waals surface area contributed by atoms with E-state index in [0.717, 1.165) is 22.0 Å². The molecule has 3 aromatic rings. The molecule has 160 valence electrons. The first-order valence-electron chi connectivity index (χ1n) is 10.5. The highest BCUT2D eigenvalue weighted by Crippen LogP contribution is 2.24. The number of esters is 1. The molecule has 0 spiro atoms. The highest BCUT2D eigenvalue weighted by atomic mass is 16.6. The second-order valence-electron chi connectivity index (χ2n) is 7.67. The van der Waals surface area contributed by atoms with E-state index in [9.17, 15) is 9.59 Å². The summed E-state index contributed by atoms with van der Waals surface area (Å²) < 4.78 is 5.48. The van der Waals surface area contributed by atoms with Crippen molar-refractivity contribution in [2.45, 2.75) is 0 Å². The van der Waals surface area contributed by atoms with Gasteiger partial charge in [0.1, 0.15) is 0 Å². The lowest BCUT2D eigenvalue weighted by molar-refractivity contribution is -0.130. The van der Waals surface area contributed by atoms with Gasteiger partial charge in [0, 0.05) is 43.6 Å². The summed E-state index contributed by atoms with van der Waals surface area (Å²) in [5, 5.41) is 4.95. The molecule has 32 heavy (non-hydrogen) atoms. The van der Waals surface area contributed by atoms with Crippen molar-refractivity contribution in [1.82, 2.24) is 9.80 Å². The number of carbonyl (C=O) groups excluding carboxylic acids is 2. The van der Waals surface area contributed by atoms with E-state index < -0.39 is 5.97 Å². The Morgan fingerprint density at radius 3 is 2.44 bits per heavy atom. The average Bonchev–Trinajstić information content (AvgIpc) is 3.19. The van der Waals surface area contributed by atoms with E-state index in [-0.39, 0.29) is 11.7 Å². The number of ether oxygens (including phenoxy) is 1. The van der Waals surface area contributed by atoms with Crippen molar-refractivity contribution in [3.8, 4) is 0 Å². The molecule has 0 saturated carbocycles. The van der Waals surface area contributed by atoms with E-state index in [4.69, 9.17) is 4.74 Å². The Kier molecular flexibility index (Phi) is 5.29. The molecule has 0 radical (unpaired) electrons. The van der Waals surface area contributed by atoms with Crippen LogP contribution in [0.4, 0.5) is 10.5 Å². The lowest BCUT2D eigenvalue weighted by atomic mass is 10.0. The molecule has 2 heterocycles. The minimum absolute atomic E-state index is 0.125. The number of anilines is 1. The molecule has 2 aliphatic rings. The molecule has 1 fully saturated rings. The largest absolute Gasteiger partial charge is 0.402 e. The fourth-order valence-corrected chi connectivity index (χ4v) is 3.88. The number of benzene rings is 3. The van der Waals surface area contributed by atoms with Gasteiger partial charge in [-0.3, -0.25) is 0 Å². The molecule has 5 rings (SSSR count). The van der Waals surface area contributed by atoms with Gasteiger partial charge in [0.25, 0.3) is 0 Å². The maximum atomic E-state index is 12.5. The summed E-state index contributed by atoms with van der Waals surface area (Å²) in [7, 11) is 0. The third kappa shape index (κ3) is 4.05. The average molecular weight is 426 g/mol. The smallest absolute Gasteiger partial charge is 0.365 e. The number of urea groups is 1. The van der Waals surface area contributed by atoms with E-state index in [1.807, 2.05) is 77.7 Å². The number of fused-ring (bicyclic) bond motifs is 1. The Morgan fingerprint density at radius 2 is 1.62 bits per heavy atom. The first kappa shape index (κ1) is 19.8. The minimum Gasteiger partial charge on any atom is -0.402 e. The summed E-state index contributed by atoms with van der Waals surface area (Å²) in [6.45, 7) is 2.32. The molecule has 7 nitrogen and oxygen atoms in total. The van der Waals surface area contributed by atoms with Gasteiger partial charge in [-0.25, -0.2) is 14.6 Å². The first-order valence-corrected chi connectivity index (χ1v) is 10.5. The predicted octanol–water partition coefficient (Wildman–Crippen LogP) is 3.83. The second kappa shape index (κ2) is 8.55. The topological polar surface area (TPSA) is 74.2 Å². The van der Waals surface area contributed by atoms with Gasteiger partial charge in [0.05, 0.1) is 0 Å². The fraction of sp³-hybridized carbons (Fsp3) is 0.160. The molecule has 3 aromatic carbocycles. The van der Waals surface area contributed by atoms with Crippen molar-refractivity contribution in [2.24, 2.45) is 4.99 Å². The van der Waals surface area contributed by atoms with Crippen LogP contribution in [0.2, 0.25) is 0 Å². The molecule has 0 aromatic heterocycles. The SMILES string of the molecule is O=C1OC(c2cccc3ccccc23)=NC1=CN1CCN(C(=O)Nc2ccccc2)CC1. The quantitative estimate of drug-likeness (QED) is 0.510. The van der Waals surface area contributed by atoms with Crippen LogP contribution < -0.4 is 5.32 Å². The standard InChI is InChI=1S/C25H22N4O3/c30-24-22(27-23(32-24)21-12-6-8-18-7-4-5-11-20(18)21)17-28-13-15-29(16-14-28)25(31)26-19-9-2-1-3-10-19/h1-12,17H,13-16H2,(H,26,31). The number of carbonyl (C=O) groups is 2. The van der Waals surface area contributed by atoms with Crippen molar-refractivity contribution >= 4 is 34.4 Å². The first-order chi connectivity index (χ1) is 15.7. The maximum Gasteiger partial charge on any atom is 0.365 e. The van der Waals surface area contributed by atoms with E-state index in [0.29, 0.717) is 32.1 Å². The lowest BCUT2D eigenvalue weighted by Crippen LogP contribution is -2.48. The monoisotopic (exact) mass is 426 g/mol. The van der Waals surface area contributed by atoms with Gasteiger partial charge in [0.2, 0.25) is 5.90 Å². The number of para-hydroxylation sites is 1. The van der Waals surface area contributed by atoms with Gasteiger partial charge >= 0.3 is 12.0 Å². The molecule has 1 N–H and O–H groups in total. The Labute approximate surface area is 185 Å². The number of rotatable bonds is 3. The third-order valence-corrected chi connectivity index (χ3v) is 5.57. The molecule has 2 amide bonds. The van der Waals surface area contributed by atoms with Crippen molar-refractivity contribution < 1.29 is 14.3 Å². The Morgan fingerprint density at radius 1 is 0.906 bits per heavy atom. The van der Waals surface area contributed by atoms with Gasteiger partial charge in [-0.05, 0) is 29.0 Å². The van der Waals surface area contributed by atoms with Crippen LogP contribution in [0.3, 0.4) is 0 Å². The Hall–Kier alpha value is -4.13. The fourth-order valence-electron chi connectivity index (χ4n) is 3.88. The van der Waals surface area contributed by atoms with E-state index in [1.165, 1.54) is 0 Å². The molecule has 0 unspecified atom stereocenters. The number of piperazine rings is 1. The number of nitrogens with one attached hydrogen (secondary N) is 1. The summed E-state index contributed by atoms with van der Waals surface area (Å²) in [4.78, 5) is 33.1. The van der Waals surface area contributed by atoms with Gasteiger partial charge in [-0.15, -0.1) is 0 Å². The van der Waals surface area contributed by atoms with Crippen molar-refractivity contribution in [2.75, 3.05) is 31.5 Å². The summed E-state index contributed by atoms with van der Waals surface area (Å²) >= 11 is 0. The van der Waals surface area contributed by atoms with E-state index in [1.54, 1.807) is 11.1 Å². The van der Waals surface area contributed by atoms with Crippen LogP contribution in [0.5, 0.6) is 0 Å². The Balaban J connectivity index is 1.26. The zero-order valence-corrected chi connectivity index (χ0v) is 17.4. The van der Waals surface area contributed by atoms with Crippen LogP contribution in [0.15, 0.2) is 89.7 Å². The van der Waals surface area contributed by atoms with Gasteiger partial charge < -0.3 is 19.9 Å². The Bertz CT molecular complexity index is 1220. The predicted molar refractivity (Wildman–Crippen MR) is 123 cm³/mol. The minimum atomic E-state index is -0.461. The maximum absolute atomic E-state index is 12.5. The number of hydrogen-bond acceptors (Lipinski definition) is 5. The molecule has 0 aliphatic carbocycles. The van der Waals surface area contributed by atoms with Crippen LogP contribution in [0.25, 0.3) is 10.8 Å². The van der Waals surface area contributed by atoms with Crippen LogP contribution >= 0.6 is 0 Å². The number of amides is 2. The van der Waals surface area contributed by atoms with E-state index >= 15 is 0 Å². The second-order valence-corrected chi connectivity index (χ2v) is 7.67. The van der Waals surface area contributed by atoms with Gasteiger partial charge in [-0.1, -0.05) is 54.6 Å².